The standard InChI is InChI=1S/C49H34/c1-49(2)47-29-37(34-16-15-31-9-3-4-10-32(31)25-34)21-23-44(47)45-24-22-38(30-48(45)49)35-17-18-36-27-40(20-19-33(36)26-35)46-28-39-11-5-6-12-41(39)42-13-7-8-14-43(42)46/h3-30H,1-2H3. The Hall–Kier alpha value is -5.98. The average molecular weight is 623 g/mol. The van der Waals surface area contributed by atoms with Gasteiger partial charge in [0, 0.05) is 5.41 Å². The van der Waals surface area contributed by atoms with Gasteiger partial charge in [0.1, 0.15) is 0 Å². The molecular formula is C49H34. The molecule has 0 radical (unpaired) electrons. The Kier molecular flexibility index (Phi) is 6.02. The SMILES string of the molecule is CC1(C)c2cc(-c3ccc4ccccc4c3)ccc2-c2ccc(-c3ccc4cc(-c5cc6ccccc6c6ccccc56)ccc4c3)cc21. The van der Waals surface area contributed by atoms with Gasteiger partial charge >= 0.3 is 0 Å². The van der Waals surface area contributed by atoms with Crippen LogP contribution in [-0.2, 0) is 5.41 Å². The van der Waals surface area contributed by atoms with Crippen LogP contribution in [0, 0.1) is 0 Å². The largest absolute Gasteiger partial charge is 0.0616 e. The number of hydrogen-bond acceptors (Lipinski definition) is 0. The van der Waals surface area contributed by atoms with Crippen molar-refractivity contribution in [1.82, 2.24) is 0 Å². The first kappa shape index (κ1) is 28.1. The van der Waals surface area contributed by atoms with Crippen molar-refractivity contribution < 1.29 is 0 Å². The molecule has 0 saturated carbocycles. The molecule has 0 amide bonds. The van der Waals surface area contributed by atoms with Crippen LogP contribution in [0.25, 0.3) is 87.6 Å². The van der Waals surface area contributed by atoms with E-state index in [0.717, 1.165) is 0 Å². The van der Waals surface area contributed by atoms with E-state index in [-0.39, 0.29) is 5.41 Å². The van der Waals surface area contributed by atoms with E-state index in [4.69, 9.17) is 0 Å². The van der Waals surface area contributed by atoms with E-state index in [1.807, 2.05) is 0 Å². The second-order valence-electron chi connectivity index (χ2n) is 14.2. The van der Waals surface area contributed by atoms with Gasteiger partial charge in [0.05, 0.1) is 0 Å². The van der Waals surface area contributed by atoms with Gasteiger partial charge in [-0.25, -0.2) is 0 Å². The maximum atomic E-state index is 2.43. The lowest BCUT2D eigenvalue weighted by Crippen LogP contribution is -2.15. The van der Waals surface area contributed by atoms with Gasteiger partial charge in [0.2, 0.25) is 0 Å². The molecule has 0 spiro atoms. The van der Waals surface area contributed by atoms with E-state index in [9.17, 15) is 0 Å². The molecule has 1 aliphatic rings. The zero-order valence-electron chi connectivity index (χ0n) is 27.7. The van der Waals surface area contributed by atoms with Gasteiger partial charge in [-0.05, 0) is 135 Å². The highest BCUT2D eigenvalue weighted by Crippen LogP contribution is 2.51. The predicted octanol–water partition coefficient (Wildman–Crippen LogP) is 13.6. The first-order valence-electron chi connectivity index (χ1n) is 17.2. The molecule has 230 valence electrons. The zero-order valence-corrected chi connectivity index (χ0v) is 27.7. The van der Waals surface area contributed by atoms with Crippen molar-refractivity contribution in [1.29, 1.82) is 0 Å². The van der Waals surface area contributed by atoms with Crippen LogP contribution in [-0.4, -0.2) is 0 Å². The summed E-state index contributed by atoms with van der Waals surface area (Å²) in [6.07, 6.45) is 0. The molecule has 49 heavy (non-hydrogen) atoms. The third-order valence-corrected chi connectivity index (χ3v) is 11.0. The van der Waals surface area contributed by atoms with E-state index in [1.165, 1.54) is 98.7 Å². The van der Waals surface area contributed by atoms with Crippen molar-refractivity contribution in [2.75, 3.05) is 0 Å². The summed E-state index contributed by atoms with van der Waals surface area (Å²) in [5, 5.41) is 10.3. The summed E-state index contributed by atoms with van der Waals surface area (Å²) in [5.41, 5.74) is 13.0. The lowest BCUT2D eigenvalue weighted by atomic mass is 9.80. The van der Waals surface area contributed by atoms with Crippen LogP contribution in [0.15, 0.2) is 170 Å². The molecular weight excluding hydrogens is 589 g/mol. The smallest absolute Gasteiger partial charge is 0.0159 e. The van der Waals surface area contributed by atoms with Gasteiger partial charge in [-0.2, -0.15) is 0 Å². The molecule has 1 aliphatic carbocycles. The number of fused-ring (bicyclic) bond motifs is 8. The minimum Gasteiger partial charge on any atom is -0.0616 e. The number of hydrogen-bond donors (Lipinski definition) is 0. The molecule has 0 heterocycles. The fraction of sp³-hybridized carbons (Fsp3) is 0.0612. The normalized spacial score (nSPS) is 13.3. The topological polar surface area (TPSA) is 0 Å². The third-order valence-electron chi connectivity index (χ3n) is 11.0. The molecule has 0 unspecified atom stereocenters. The molecule has 0 atom stereocenters. The van der Waals surface area contributed by atoms with Crippen LogP contribution < -0.4 is 0 Å². The molecule has 0 fully saturated rings. The van der Waals surface area contributed by atoms with E-state index in [0.29, 0.717) is 0 Å². The number of benzene rings is 9. The van der Waals surface area contributed by atoms with Crippen molar-refractivity contribution in [3.63, 3.8) is 0 Å². The molecule has 0 N–H and O–H groups in total. The molecule has 0 heteroatoms. The summed E-state index contributed by atoms with van der Waals surface area (Å²) in [4.78, 5) is 0. The Bertz CT molecular complexity index is 2800. The fourth-order valence-electron chi connectivity index (χ4n) is 8.35. The summed E-state index contributed by atoms with van der Waals surface area (Å²) < 4.78 is 0. The van der Waals surface area contributed by atoms with Gasteiger partial charge in [-0.1, -0.05) is 147 Å². The first-order valence-corrected chi connectivity index (χ1v) is 17.2. The van der Waals surface area contributed by atoms with Gasteiger partial charge in [-0.3, -0.25) is 0 Å². The molecule has 0 bridgehead atoms. The van der Waals surface area contributed by atoms with Crippen LogP contribution in [0.5, 0.6) is 0 Å². The van der Waals surface area contributed by atoms with E-state index in [1.54, 1.807) is 0 Å². The molecule has 0 nitrogen and oxygen atoms in total. The molecule has 0 saturated heterocycles. The quantitative estimate of drug-likeness (QED) is 0.172. The van der Waals surface area contributed by atoms with E-state index >= 15 is 0 Å². The summed E-state index contributed by atoms with van der Waals surface area (Å²) in [6.45, 7) is 4.76. The monoisotopic (exact) mass is 622 g/mol. The van der Waals surface area contributed by atoms with Gasteiger partial charge in [0.25, 0.3) is 0 Å². The van der Waals surface area contributed by atoms with E-state index in [2.05, 4.69) is 184 Å². The molecule has 10 rings (SSSR count). The van der Waals surface area contributed by atoms with E-state index < -0.39 is 0 Å². The predicted molar refractivity (Wildman–Crippen MR) is 210 cm³/mol. The minimum atomic E-state index is -0.0953. The second kappa shape index (κ2) is 10.5. The molecule has 0 aromatic heterocycles. The Morgan fingerprint density at radius 2 is 0.714 bits per heavy atom. The lowest BCUT2D eigenvalue weighted by Gasteiger charge is -2.23. The highest BCUT2D eigenvalue weighted by Gasteiger charge is 2.35. The van der Waals surface area contributed by atoms with Crippen molar-refractivity contribution in [2.45, 2.75) is 19.3 Å². The van der Waals surface area contributed by atoms with Crippen molar-refractivity contribution in [3.8, 4) is 44.5 Å². The van der Waals surface area contributed by atoms with Crippen molar-refractivity contribution in [3.05, 3.63) is 181 Å². The van der Waals surface area contributed by atoms with Crippen LogP contribution in [0.1, 0.15) is 25.0 Å². The van der Waals surface area contributed by atoms with Crippen LogP contribution in [0.3, 0.4) is 0 Å². The summed E-state index contributed by atoms with van der Waals surface area (Å²) in [7, 11) is 0. The van der Waals surface area contributed by atoms with Crippen molar-refractivity contribution in [2.24, 2.45) is 0 Å². The summed E-state index contributed by atoms with van der Waals surface area (Å²) in [5.74, 6) is 0. The highest BCUT2D eigenvalue weighted by molar-refractivity contribution is 6.14. The van der Waals surface area contributed by atoms with Gasteiger partial charge < -0.3 is 0 Å². The Balaban J connectivity index is 1.01. The van der Waals surface area contributed by atoms with Crippen LogP contribution >= 0.6 is 0 Å². The summed E-state index contributed by atoms with van der Waals surface area (Å²) in [6, 6.07) is 63.2. The van der Waals surface area contributed by atoms with Crippen molar-refractivity contribution >= 4 is 43.1 Å². The molecule has 0 aliphatic heterocycles. The maximum Gasteiger partial charge on any atom is 0.0159 e. The van der Waals surface area contributed by atoms with Gasteiger partial charge in [-0.15, -0.1) is 0 Å². The second-order valence-corrected chi connectivity index (χ2v) is 14.2. The third kappa shape index (κ3) is 4.38. The number of rotatable bonds is 3. The molecule has 9 aromatic carbocycles. The average Bonchev–Trinajstić information content (AvgIpc) is 3.38. The zero-order chi connectivity index (χ0) is 32.7. The lowest BCUT2D eigenvalue weighted by molar-refractivity contribution is 0.661. The summed E-state index contributed by atoms with van der Waals surface area (Å²) >= 11 is 0. The molecule has 9 aromatic rings. The highest BCUT2D eigenvalue weighted by atomic mass is 14.4. The Morgan fingerprint density at radius 1 is 0.286 bits per heavy atom. The first-order chi connectivity index (χ1) is 24.0. The van der Waals surface area contributed by atoms with Crippen LogP contribution in [0.4, 0.5) is 0 Å². The van der Waals surface area contributed by atoms with Gasteiger partial charge in [0.15, 0.2) is 0 Å². The Labute approximate surface area is 286 Å². The maximum absolute atomic E-state index is 2.43. The minimum absolute atomic E-state index is 0.0953. The Morgan fingerprint density at radius 3 is 1.37 bits per heavy atom. The van der Waals surface area contributed by atoms with Crippen LogP contribution in [0.2, 0.25) is 0 Å². The fourth-order valence-corrected chi connectivity index (χ4v) is 8.35.